The number of hydrogen-bond acceptors (Lipinski definition) is 6. The second-order valence-electron chi connectivity index (χ2n) is 5.85. The Bertz CT molecular complexity index is 770. The Morgan fingerprint density at radius 2 is 2.08 bits per heavy atom. The Balaban J connectivity index is 1.57. The number of carbonyl (C=O) groups is 1. The minimum absolute atomic E-state index is 0.171. The Hall–Kier alpha value is -2.32. The molecule has 3 rings (SSSR count). The van der Waals surface area contributed by atoms with Crippen LogP contribution in [0.5, 0.6) is 0 Å². The number of benzene rings is 1. The summed E-state index contributed by atoms with van der Waals surface area (Å²) in [5.74, 6) is -0.523. The third-order valence-corrected chi connectivity index (χ3v) is 4.94. The zero-order chi connectivity index (χ0) is 18.4. The van der Waals surface area contributed by atoms with E-state index in [1.165, 1.54) is 23.5 Å². The molecule has 0 unspecified atom stereocenters. The van der Waals surface area contributed by atoms with Crippen LogP contribution in [-0.4, -0.2) is 42.9 Å². The van der Waals surface area contributed by atoms with Crippen molar-refractivity contribution in [1.29, 1.82) is 0 Å². The van der Waals surface area contributed by atoms with Crippen molar-refractivity contribution in [2.24, 2.45) is 5.10 Å². The van der Waals surface area contributed by atoms with Crippen molar-refractivity contribution >= 4 is 28.1 Å². The summed E-state index contributed by atoms with van der Waals surface area (Å²) in [6, 6.07) is 6.06. The molecular weight excluding hydrogens is 355 g/mol. The molecule has 0 saturated carbocycles. The summed E-state index contributed by atoms with van der Waals surface area (Å²) in [7, 11) is 0. The number of hydrogen-bond donors (Lipinski definition) is 1. The minimum Gasteiger partial charge on any atom is -0.378 e. The number of nitrogens with one attached hydrogen (secondary N) is 1. The lowest BCUT2D eigenvalue weighted by atomic mass is 10.1. The monoisotopic (exact) mass is 376 g/mol. The maximum atomic E-state index is 13.0. The summed E-state index contributed by atoms with van der Waals surface area (Å²) in [5.41, 5.74) is 4.79. The van der Waals surface area contributed by atoms with Gasteiger partial charge in [0, 0.05) is 18.5 Å². The molecule has 1 N–H and O–H groups in total. The van der Waals surface area contributed by atoms with Gasteiger partial charge in [0.1, 0.15) is 5.82 Å². The van der Waals surface area contributed by atoms with Gasteiger partial charge in [-0.2, -0.15) is 5.10 Å². The van der Waals surface area contributed by atoms with Crippen LogP contribution in [-0.2, 0) is 16.0 Å². The van der Waals surface area contributed by atoms with Gasteiger partial charge in [0.15, 0.2) is 5.13 Å². The van der Waals surface area contributed by atoms with Crippen molar-refractivity contribution in [3.63, 3.8) is 0 Å². The molecule has 2 aromatic rings. The molecule has 138 valence electrons. The number of carbonyl (C=O) groups excluding carboxylic acids is 1. The molecule has 1 fully saturated rings. The van der Waals surface area contributed by atoms with Crippen molar-refractivity contribution < 1.29 is 13.9 Å². The number of hydrazone groups is 1. The molecule has 0 spiro atoms. The highest BCUT2D eigenvalue weighted by atomic mass is 32.1. The Labute approximate surface area is 155 Å². The molecule has 0 bridgehead atoms. The maximum absolute atomic E-state index is 13.0. The zero-order valence-corrected chi connectivity index (χ0v) is 15.4. The van der Waals surface area contributed by atoms with E-state index < -0.39 is 0 Å². The molecule has 0 aliphatic carbocycles. The first-order valence-electron chi connectivity index (χ1n) is 8.54. The molecular formula is C18H21FN4O2S. The zero-order valence-electron chi connectivity index (χ0n) is 14.6. The number of nitrogens with zero attached hydrogens (tertiary/aromatic N) is 3. The van der Waals surface area contributed by atoms with Crippen molar-refractivity contribution in [2.75, 3.05) is 31.2 Å². The topological polar surface area (TPSA) is 66.8 Å². The lowest BCUT2D eigenvalue weighted by Crippen LogP contribution is -2.36. The number of morpholine rings is 1. The molecule has 1 aromatic heterocycles. The Morgan fingerprint density at radius 1 is 1.35 bits per heavy atom. The molecule has 1 aliphatic rings. The van der Waals surface area contributed by atoms with E-state index in [9.17, 15) is 9.18 Å². The van der Waals surface area contributed by atoms with Gasteiger partial charge < -0.3 is 9.64 Å². The van der Waals surface area contributed by atoms with E-state index in [4.69, 9.17) is 4.74 Å². The summed E-state index contributed by atoms with van der Waals surface area (Å²) in [6.45, 7) is 4.98. The maximum Gasteiger partial charge on any atom is 0.246 e. The first kappa shape index (κ1) is 18.5. The SMILES string of the molecule is CC/C(=N/NC(=O)Cc1csc(N2CCOCC2)n1)c1ccc(F)cc1. The molecule has 1 saturated heterocycles. The van der Waals surface area contributed by atoms with Gasteiger partial charge in [0.25, 0.3) is 0 Å². The van der Waals surface area contributed by atoms with Gasteiger partial charge in [0.2, 0.25) is 5.91 Å². The quantitative estimate of drug-likeness (QED) is 0.622. The van der Waals surface area contributed by atoms with E-state index >= 15 is 0 Å². The highest BCUT2D eigenvalue weighted by Gasteiger charge is 2.15. The largest absolute Gasteiger partial charge is 0.378 e. The standard InChI is InChI=1S/C18H21FN4O2S/c1-2-16(13-3-5-14(19)6-4-13)21-22-17(24)11-15-12-26-18(20-15)23-7-9-25-10-8-23/h3-6,12H,2,7-11H2,1H3,(H,22,24)/b21-16-. The first-order valence-corrected chi connectivity index (χ1v) is 9.42. The van der Waals surface area contributed by atoms with Gasteiger partial charge in [-0.05, 0) is 24.1 Å². The molecule has 0 radical (unpaired) electrons. The van der Waals surface area contributed by atoms with Crippen molar-refractivity contribution in [3.8, 4) is 0 Å². The number of halogens is 1. The predicted molar refractivity (Wildman–Crippen MR) is 100 cm³/mol. The van der Waals surface area contributed by atoms with E-state index in [0.29, 0.717) is 25.3 Å². The van der Waals surface area contributed by atoms with Crippen LogP contribution in [0.15, 0.2) is 34.7 Å². The summed E-state index contributed by atoms with van der Waals surface area (Å²) in [6.07, 6.45) is 0.800. The highest BCUT2D eigenvalue weighted by Crippen LogP contribution is 2.21. The molecule has 2 heterocycles. The average Bonchev–Trinajstić information content (AvgIpc) is 3.13. The predicted octanol–water partition coefficient (Wildman–Crippen LogP) is 2.59. The van der Waals surface area contributed by atoms with Crippen molar-refractivity contribution in [3.05, 3.63) is 46.7 Å². The average molecular weight is 376 g/mol. The molecule has 1 amide bonds. The summed E-state index contributed by atoms with van der Waals surface area (Å²) in [5, 5.41) is 6.99. The van der Waals surface area contributed by atoms with E-state index in [-0.39, 0.29) is 18.1 Å². The number of amides is 1. The van der Waals surface area contributed by atoms with E-state index in [0.717, 1.165) is 29.5 Å². The third-order valence-electron chi connectivity index (χ3n) is 3.99. The second-order valence-corrected chi connectivity index (χ2v) is 6.69. The van der Waals surface area contributed by atoms with E-state index in [1.54, 1.807) is 12.1 Å². The normalized spacial score (nSPS) is 15.2. The number of aromatic nitrogens is 1. The van der Waals surface area contributed by atoms with Crippen LogP contribution < -0.4 is 10.3 Å². The molecule has 6 nitrogen and oxygen atoms in total. The third kappa shape index (κ3) is 4.86. The Morgan fingerprint density at radius 3 is 2.77 bits per heavy atom. The molecule has 26 heavy (non-hydrogen) atoms. The molecule has 0 atom stereocenters. The van der Waals surface area contributed by atoms with Crippen LogP contribution in [0, 0.1) is 5.82 Å². The van der Waals surface area contributed by atoms with Gasteiger partial charge in [0.05, 0.1) is 31.0 Å². The van der Waals surface area contributed by atoms with Crippen LogP contribution in [0.3, 0.4) is 0 Å². The Kier molecular flexibility index (Phi) is 6.30. The smallest absolute Gasteiger partial charge is 0.246 e. The fraction of sp³-hybridized carbons (Fsp3) is 0.389. The second kappa shape index (κ2) is 8.86. The van der Waals surface area contributed by atoms with Gasteiger partial charge in [-0.3, -0.25) is 4.79 Å². The summed E-state index contributed by atoms with van der Waals surface area (Å²) in [4.78, 5) is 18.8. The van der Waals surface area contributed by atoms with Gasteiger partial charge in [-0.25, -0.2) is 14.8 Å². The van der Waals surface area contributed by atoms with Crippen LogP contribution in [0.4, 0.5) is 9.52 Å². The summed E-state index contributed by atoms with van der Waals surface area (Å²) < 4.78 is 18.4. The molecule has 1 aliphatic heterocycles. The number of ether oxygens (including phenoxy) is 1. The van der Waals surface area contributed by atoms with Crippen LogP contribution in [0.25, 0.3) is 0 Å². The fourth-order valence-electron chi connectivity index (χ4n) is 2.60. The highest BCUT2D eigenvalue weighted by molar-refractivity contribution is 7.13. The number of rotatable bonds is 6. The summed E-state index contributed by atoms with van der Waals surface area (Å²) >= 11 is 1.53. The molecule has 8 heteroatoms. The lowest BCUT2D eigenvalue weighted by molar-refractivity contribution is -0.120. The number of thiazole rings is 1. The van der Waals surface area contributed by atoms with Crippen LogP contribution in [0.1, 0.15) is 24.6 Å². The van der Waals surface area contributed by atoms with Gasteiger partial charge >= 0.3 is 0 Å². The van der Waals surface area contributed by atoms with Crippen molar-refractivity contribution in [1.82, 2.24) is 10.4 Å². The van der Waals surface area contributed by atoms with E-state index in [1.807, 2.05) is 12.3 Å². The van der Waals surface area contributed by atoms with Gasteiger partial charge in [-0.1, -0.05) is 19.1 Å². The number of anilines is 1. The van der Waals surface area contributed by atoms with Crippen LogP contribution >= 0.6 is 11.3 Å². The van der Waals surface area contributed by atoms with Gasteiger partial charge in [-0.15, -0.1) is 11.3 Å². The van der Waals surface area contributed by atoms with E-state index in [2.05, 4.69) is 20.4 Å². The molecule has 1 aromatic carbocycles. The lowest BCUT2D eigenvalue weighted by Gasteiger charge is -2.26. The van der Waals surface area contributed by atoms with Crippen molar-refractivity contribution in [2.45, 2.75) is 19.8 Å². The minimum atomic E-state index is -0.298. The van der Waals surface area contributed by atoms with Crippen LogP contribution in [0.2, 0.25) is 0 Å². The first-order chi connectivity index (χ1) is 12.7. The fourth-order valence-corrected chi connectivity index (χ4v) is 3.48.